The van der Waals surface area contributed by atoms with Gasteiger partial charge in [0.15, 0.2) is 5.65 Å². The molecule has 0 aliphatic carbocycles. The summed E-state index contributed by atoms with van der Waals surface area (Å²) < 4.78 is 33.7. The van der Waals surface area contributed by atoms with Gasteiger partial charge in [-0.15, -0.1) is 11.8 Å². The molecule has 0 unspecified atom stereocenters. The number of aromatic nitrogens is 3. The van der Waals surface area contributed by atoms with Gasteiger partial charge < -0.3 is 10.1 Å². The number of ether oxygens (including phenoxy) is 1. The van der Waals surface area contributed by atoms with Gasteiger partial charge in [0.05, 0.1) is 24.7 Å². The second-order valence-electron chi connectivity index (χ2n) is 6.54. The molecular weight excluding hydrogens is 422 g/mol. The minimum absolute atomic E-state index is 0.0581. The van der Waals surface area contributed by atoms with Crippen molar-refractivity contribution < 1.29 is 18.3 Å². The number of benzene rings is 2. The number of nitrogens with one attached hydrogen (secondary N) is 1. The number of para-hydroxylation sites is 1. The molecule has 0 aliphatic heterocycles. The molecular formula is C22H18F2N4O2S. The Bertz CT molecular complexity index is 1240. The molecule has 1 amide bonds. The van der Waals surface area contributed by atoms with Gasteiger partial charge in [-0.25, -0.2) is 18.3 Å². The van der Waals surface area contributed by atoms with E-state index in [2.05, 4.69) is 15.4 Å². The lowest BCUT2D eigenvalue weighted by molar-refractivity contribution is 0.102. The number of hydrogen-bond donors (Lipinski definition) is 1. The normalized spacial score (nSPS) is 11.1. The molecule has 0 aliphatic rings. The summed E-state index contributed by atoms with van der Waals surface area (Å²) in [4.78, 5) is 18.3. The number of methoxy groups -OCH3 is 1. The lowest BCUT2D eigenvalue weighted by Gasteiger charge is -2.10. The lowest BCUT2D eigenvalue weighted by Crippen LogP contribution is -2.13. The zero-order valence-electron chi connectivity index (χ0n) is 16.7. The summed E-state index contributed by atoms with van der Waals surface area (Å²) >= 11 is 1.49. The third-order valence-corrected chi connectivity index (χ3v) is 5.50. The molecule has 6 nitrogen and oxygen atoms in total. The Balaban J connectivity index is 1.79. The standard InChI is InChI=1S/C22H18F2N4O2S/c1-30-14-9-7-13(8-10-14)17-11-18(20(23)24)28-21(26-17)15(12-25-28)22(29)27-16-5-3-4-6-19(16)31-2/h3-12,20H,1-2H3,(H,27,29). The molecule has 0 fully saturated rings. The number of alkyl halides is 2. The van der Waals surface area contributed by atoms with Crippen molar-refractivity contribution in [2.45, 2.75) is 11.3 Å². The summed E-state index contributed by atoms with van der Waals surface area (Å²) in [6.45, 7) is 0. The average molecular weight is 440 g/mol. The van der Waals surface area contributed by atoms with Crippen LogP contribution in [0.4, 0.5) is 14.5 Å². The van der Waals surface area contributed by atoms with Crippen molar-refractivity contribution in [3.63, 3.8) is 0 Å². The molecule has 31 heavy (non-hydrogen) atoms. The highest BCUT2D eigenvalue weighted by Gasteiger charge is 2.22. The van der Waals surface area contributed by atoms with Gasteiger partial charge in [0.2, 0.25) is 0 Å². The van der Waals surface area contributed by atoms with E-state index in [0.29, 0.717) is 22.7 Å². The maximum absolute atomic E-state index is 13.8. The maximum atomic E-state index is 13.8. The van der Waals surface area contributed by atoms with Crippen molar-refractivity contribution in [3.05, 3.63) is 72.1 Å². The molecule has 158 valence electrons. The first-order valence-corrected chi connectivity index (χ1v) is 10.5. The van der Waals surface area contributed by atoms with Gasteiger partial charge in [-0.05, 0) is 48.7 Å². The first-order valence-electron chi connectivity index (χ1n) is 9.27. The minimum Gasteiger partial charge on any atom is -0.497 e. The fourth-order valence-electron chi connectivity index (χ4n) is 3.15. The molecule has 2 aromatic carbocycles. The number of fused-ring (bicyclic) bond motifs is 1. The number of thioether (sulfide) groups is 1. The topological polar surface area (TPSA) is 68.5 Å². The van der Waals surface area contributed by atoms with Crippen molar-refractivity contribution in [1.29, 1.82) is 0 Å². The first kappa shape index (κ1) is 20.8. The molecule has 0 saturated heterocycles. The summed E-state index contributed by atoms with van der Waals surface area (Å²) in [6, 6.07) is 15.5. The van der Waals surface area contributed by atoms with E-state index in [0.717, 1.165) is 9.41 Å². The van der Waals surface area contributed by atoms with E-state index in [1.165, 1.54) is 24.0 Å². The van der Waals surface area contributed by atoms with Crippen molar-refractivity contribution in [2.24, 2.45) is 0 Å². The Morgan fingerprint density at radius 1 is 1.16 bits per heavy atom. The Hall–Kier alpha value is -3.46. The smallest absolute Gasteiger partial charge is 0.280 e. The molecule has 0 saturated carbocycles. The number of nitrogens with zero attached hydrogens (tertiary/aromatic N) is 3. The molecule has 0 radical (unpaired) electrons. The predicted molar refractivity (Wildman–Crippen MR) is 116 cm³/mol. The Morgan fingerprint density at radius 3 is 2.58 bits per heavy atom. The van der Waals surface area contributed by atoms with Crippen molar-refractivity contribution >= 4 is 29.0 Å². The van der Waals surface area contributed by atoms with E-state index in [-0.39, 0.29) is 16.9 Å². The molecule has 0 atom stereocenters. The minimum atomic E-state index is -2.80. The summed E-state index contributed by atoms with van der Waals surface area (Å²) in [5.41, 5.74) is 1.37. The van der Waals surface area contributed by atoms with Crippen LogP contribution < -0.4 is 10.1 Å². The fraction of sp³-hybridized carbons (Fsp3) is 0.136. The van der Waals surface area contributed by atoms with Gasteiger partial charge in [0.25, 0.3) is 12.3 Å². The highest BCUT2D eigenvalue weighted by Crippen LogP contribution is 2.29. The Labute approximate surface area is 181 Å². The van der Waals surface area contributed by atoms with E-state index in [9.17, 15) is 13.6 Å². The van der Waals surface area contributed by atoms with Crippen molar-refractivity contribution in [1.82, 2.24) is 14.6 Å². The van der Waals surface area contributed by atoms with Crippen LogP contribution in [-0.2, 0) is 0 Å². The van der Waals surface area contributed by atoms with Crippen molar-refractivity contribution in [2.75, 3.05) is 18.7 Å². The van der Waals surface area contributed by atoms with Crippen LogP contribution in [0.3, 0.4) is 0 Å². The number of halogens is 2. The number of hydrogen-bond acceptors (Lipinski definition) is 5. The predicted octanol–water partition coefficient (Wildman–Crippen LogP) is 5.32. The summed E-state index contributed by atoms with van der Waals surface area (Å²) in [5.74, 6) is 0.159. The zero-order valence-corrected chi connectivity index (χ0v) is 17.5. The molecule has 0 spiro atoms. The number of amides is 1. The van der Waals surface area contributed by atoms with Gasteiger partial charge >= 0.3 is 0 Å². The lowest BCUT2D eigenvalue weighted by atomic mass is 10.1. The van der Waals surface area contributed by atoms with Gasteiger partial charge in [0.1, 0.15) is 17.0 Å². The molecule has 2 aromatic heterocycles. The fourth-order valence-corrected chi connectivity index (χ4v) is 3.70. The van der Waals surface area contributed by atoms with Gasteiger partial charge in [0, 0.05) is 10.5 Å². The van der Waals surface area contributed by atoms with E-state index in [1.807, 2.05) is 18.4 Å². The van der Waals surface area contributed by atoms with E-state index < -0.39 is 12.3 Å². The zero-order chi connectivity index (χ0) is 22.0. The van der Waals surface area contributed by atoms with Gasteiger partial charge in [-0.3, -0.25) is 4.79 Å². The second-order valence-corrected chi connectivity index (χ2v) is 7.39. The van der Waals surface area contributed by atoms with Crippen LogP contribution in [0.2, 0.25) is 0 Å². The summed E-state index contributed by atoms with van der Waals surface area (Å²) in [6.07, 6.45) is 0.358. The number of carbonyl (C=O) groups excluding carboxylic acids is 1. The molecule has 2 heterocycles. The van der Waals surface area contributed by atoms with Crippen LogP contribution >= 0.6 is 11.8 Å². The molecule has 4 aromatic rings. The molecule has 9 heteroatoms. The number of carbonyl (C=O) groups is 1. The van der Waals surface area contributed by atoms with Gasteiger partial charge in [-0.2, -0.15) is 5.10 Å². The molecule has 1 N–H and O–H groups in total. The van der Waals surface area contributed by atoms with Crippen LogP contribution in [0.25, 0.3) is 16.9 Å². The SMILES string of the molecule is COc1ccc(-c2cc(C(F)F)n3ncc(C(=O)Nc4ccccc4SC)c3n2)cc1. The highest BCUT2D eigenvalue weighted by molar-refractivity contribution is 7.98. The third-order valence-electron chi connectivity index (χ3n) is 4.71. The van der Waals surface area contributed by atoms with E-state index in [1.54, 1.807) is 43.5 Å². The van der Waals surface area contributed by atoms with Crippen LogP contribution in [0.15, 0.2) is 65.7 Å². The van der Waals surface area contributed by atoms with E-state index in [4.69, 9.17) is 4.74 Å². The number of rotatable bonds is 6. The summed E-state index contributed by atoms with van der Waals surface area (Å²) in [7, 11) is 1.54. The van der Waals surface area contributed by atoms with Crippen LogP contribution in [0, 0.1) is 0 Å². The average Bonchev–Trinajstić information content (AvgIpc) is 3.23. The first-order chi connectivity index (χ1) is 15.0. The molecule has 0 bridgehead atoms. The quantitative estimate of drug-likeness (QED) is 0.411. The Morgan fingerprint density at radius 2 is 1.90 bits per heavy atom. The number of anilines is 1. The van der Waals surface area contributed by atoms with E-state index >= 15 is 0 Å². The Kier molecular flexibility index (Phi) is 5.85. The van der Waals surface area contributed by atoms with Gasteiger partial charge in [-0.1, -0.05) is 12.1 Å². The van der Waals surface area contributed by atoms with Crippen molar-refractivity contribution in [3.8, 4) is 17.0 Å². The van der Waals surface area contributed by atoms with Crippen LogP contribution in [0.5, 0.6) is 5.75 Å². The second kappa shape index (κ2) is 8.73. The monoisotopic (exact) mass is 440 g/mol. The van der Waals surface area contributed by atoms with Crippen LogP contribution in [-0.4, -0.2) is 33.9 Å². The highest BCUT2D eigenvalue weighted by atomic mass is 32.2. The third kappa shape index (κ3) is 4.09. The molecule has 4 rings (SSSR count). The largest absolute Gasteiger partial charge is 0.497 e. The van der Waals surface area contributed by atoms with Crippen LogP contribution in [0.1, 0.15) is 22.5 Å². The maximum Gasteiger partial charge on any atom is 0.280 e. The summed E-state index contributed by atoms with van der Waals surface area (Å²) in [5, 5.41) is 6.82.